The topological polar surface area (TPSA) is 127 Å². The van der Waals surface area contributed by atoms with Gasteiger partial charge < -0.3 is 20.4 Å². The summed E-state index contributed by atoms with van der Waals surface area (Å²) in [5, 5.41) is 17.5. The van der Waals surface area contributed by atoms with Crippen LogP contribution < -0.4 is 5.32 Å². The molecule has 0 aliphatic carbocycles. The average Bonchev–Trinajstić information content (AvgIpc) is 3.11. The van der Waals surface area contributed by atoms with Gasteiger partial charge in [-0.3, -0.25) is 14.5 Å². The Bertz CT molecular complexity index is 549. The zero-order valence-electron chi connectivity index (χ0n) is 16.0. The number of hydrogen-bond donors (Lipinski definition) is 3. The minimum atomic E-state index is -1.82. The summed E-state index contributed by atoms with van der Waals surface area (Å²) >= 11 is 0. The zero-order chi connectivity index (χ0) is 20.7. The van der Waals surface area contributed by atoms with Crippen molar-refractivity contribution < 1.29 is 29.4 Å². The van der Waals surface area contributed by atoms with Crippen LogP contribution in [0.5, 0.6) is 0 Å². The van der Waals surface area contributed by atoms with Crippen LogP contribution in [0.15, 0.2) is 0 Å². The molecule has 0 unspecified atom stereocenters. The predicted octanol–water partition coefficient (Wildman–Crippen LogP) is 0.00600. The lowest BCUT2D eigenvalue weighted by Gasteiger charge is -2.14. The first-order valence-corrected chi connectivity index (χ1v) is 8.86. The summed E-state index contributed by atoms with van der Waals surface area (Å²) in [4.78, 5) is 44.8. The van der Waals surface area contributed by atoms with E-state index in [1.165, 1.54) is 19.8 Å². The minimum absolute atomic E-state index is 0.0216. The van der Waals surface area contributed by atoms with E-state index in [4.69, 9.17) is 19.8 Å². The largest absolute Gasteiger partial charge is 0.473 e. The molecule has 1 heterocycles. The molecule has 0 bridgehead atoms. The van der Waals surface area contributed by atoms with Gasteiger partial charge in [0.15, 0.2) is 0 Å². The van der Waals surface area contributed by atoms with Crippen LogP contribution in [0, 0.1) is 11.8 Å². The lowest BCUT2D eigenvalue weighted by Crippen LogP contribution is -2.27. The molecule has 1 fully saturated rings. The van der Waals surface area contributed by atoms with Crippen molar-refractivity contribution in [1.82, 2.24) is 15.1 Å². The molecule has 0 radical (unpaired) electrons. The highest BCUT2D eigenvalue weighted by atomic mass is 16.4. The van der Waals surface area contributed by atoms with Crippen LogP contribution in [0.3, 0.4) is 0 Å². The monoisotopic (exact) mass is 383 g/mol. The molecule has 152 valence electrons. The third-order valence-electron chi connectivity index (χ3n) is 3.74. The molecule has 1 aliphatic heterocycles. The Balaban J connectivity index is 0.000000972. The molecule has 0 saturated carbocycles. The normalized spacial score (nSPS) is 12.8. The van der Waals surface area contributed by atoms with E-state index < -0.39 is 11.9 Å². The van der Waals surface area contributed by atoms with E-state index in [2.05, 4.69) is 22.1 Å². The van der Waals surface area contributed by atoms with Crippen LogP contribution >= 0.6 is 0 Å². The van der Waals surface area contributed by atoms with Crippen molar-refractivity contribution in [1.29, 1.82) is 0 Å². The van der Waals surface area contributed by atoms with Gasteiger partial charge in [0.2, 0.25) is 11.8 Å². The average molecular weight is 383 g/mol. The number of carboxylic acids is 2. The Morgan fingerprint density at radius 2 is 1.63 bits per heavy atom. The number of aliphatic carboxylic acids is 2. The van der Waals surface area contributed by atoms with Crippen LogP contribution in [0.1, 0.15) is 39.0 Å². The predicted molar refractivity (Wildman–Crippen MR) is 98.9 cm³/mol. The molecule has 0 aromatic rings. The lowest BCUT2D eigenvalue weighted by atomic mass is 10.2. The molecule has 3 N–H and O–H groups in total. The van der Waals surface area contributed by atoms with Gasteiger partial charge >= 0.3 is 11.9 Å². The number of nitrogens with one attached hydrogen (secondary N) is 1. The Morgan fingerprint density at radius 3 is 2.15 bits per heavy atom. The standard InChI is InChI=1S/C16H27N3O2.C2H2O4/c1-15(20)17-10-4-3-9-16(21)18(2)11-5-6-12-19-13-7-8-14-19;3-1(4)2(5)6/h3-4,7-14H2,1-2H3,(H,17,20);(H,3,4)(H,5,6). The van der Waals surface area contributed by atoms with E-state index in [0.717, 1.165) is 32.5 Å². The number of rotatable bonds is 7. The molecule has 9 heteroatoms. The Labute approximate surface area is 159 Å². The van der Waals surface area contributed by atoms with Crippen LogP contribution in [0.25, 0.3) is 0 Å². The highest BCUT2D eigenvalue weighted by Gasteiger charge is 2.09. The van der Waals surface area contributed by atoms with E-state index >= 15 is 0 Å². The molecule has 2 amide bonds. The minimum Gasteiger partial charge on any atom is -0.473 e. The summed E-state index contributed by atoms with van der Waals surface area (Å²) in [7, 11) is 1.79. The van der Waals surface area contributed by atoms with E-state index in [9.17, 15) is 9.59 Å². The summed E-state index contributed by atoms with van der Waals surface area (Å²) in [5.74, 6) is 2.65. The lowest BCUT2D eigenvalue weighted by molar-refractivity contribution is -0.159. The third kappa shape index (κ3) is 14.3. The first-order valence-electron chi connectivity index (χ1n) is 8.86. The van der Waals surface area contributed by atoms with Gasteiger partial charge in [0.05, 0.1) is 13.1 Å². The first-order chi connectivity index (χ1) is 12.7. The molecule has 1 aliphatic rings. The van der Waals surface area contributed by atoms with E-state index in [-0.39, 0.29) is 11.8 Å². The summed E-state index contributed by atoms with van der Waals surface area (Å²) in [6.45, 7) is 5.76. The number of amides is 2. The smallest absolute Gasteiger partial charge is 0.414 e. The van der Waals surface area contributed by atoms with Gasteiger partial charge in [-0.05, 0) is 38.8 Å². The van der Waals surface area contributed by atoms with E-state index in [1.807, 2.05) is 0 Å². The second-order valence-electron chi connectivity index (χ2n) is 6.14. The molecule has 0 aromatic heterocycles. The number of carbonyl (C=O) groups is 4. The molecular weight excluding hydrogens is 354 g/mol. The maximum atomic E-state index is 11.9. The molecule has 1 rings (SSSR count). The van der Waals surface area contributed by atoms with Gasteiger partial charge in [-0.25, -0.2) is 9.59 Å². The maximum absolute atomic E-state index is 11.9. The first kappa shape index (κ1) is 24.4. The van der Waals surface area contributed by atoms with Crippen LogP contribution in [0.4, 0.5) is 0 Å². The van der Waals surface area contributed by atoms with E-state index in [1.54, 1.807) is 11.9 Å². The molecule has 1 saturated heterocycles. The fourth-order valence-electron chi connectivity index (χ4n) is 2.23. The van der Waals surface area contributed by atoms with Crippen molar-refractivity contribution in [2.45, 2.75) is 39.0 Å². The number of carbonyl (C=O) groups excluding carboxylic acids is 2. The van der Waals surface area contributed by atoms with Gasteiger partial charge in [0.1, 0.15) is 0 Å². The fraction of sp³-hybridized carbons (Fsp3) is 0.667. The summed E-state index contributed by atoms with van der Waals surface area (Å²) in [6.07, 6.45) is 4.70. The summed E-state index contributed by atoms with van der Waals surface area (Å²) < 4.78 is 0. The van der Waals surface area contributed by atoms with E-state index in [0.29, 0.717) is 19.5 Å². The van der Waals surface area contributed by atoms with Crippen LogP contribution in [-0.2, 0) is 19.2 Å². The Morgan fingerprint density at radius 1 is 1.04 bits per heavy atom. The fourth-order valence-corrected chi connectivity index (χ4v) is 2.23. The number of nitrogens with zero attached hydrogens (tertiary/aromatic N) is 2. The quantitative estimate of drug-likeness (QED) is 0.321. The van der Waals surface area contributed by atoms with Crippen molar-refractivity contribution in [3.05, 3.63) is 0 Å². The number of hydrogen-bond acceptors (Lipinski definition) is 5. The van der Waals surface area contributed by atoms with Gasteiger partial charge in [0, 0.05) is 26.9 Å². The van der Waals surface area contributed by atoms with Crippen LogP contribution in [-0.4, -0.2) is 83.5 Å². The Hall–Kier alpha value is -2.60. The highest BCUT2D eigenvalue weighted by molar-refractivity contribution is 6.27. The molecule has 27 heavy (non-hydrogen) atoms. The molecule has 9 nitrogen and oxygen atoms in total. The van der Waals surface area contributed by atoms with Crippen molar-refractivity contribution in [2.24, 2.45) is 0 Å². The molecule has 0 atom stereocenters. The van der Waals surface area contributed by atoms with Crippen molar-refractivity contribution in [3.63, 3.8) is 0 Å². The summed E-state index contributed by atoms with van der Waals surface area (Å²) in [6, 6.07) is 0. The van der Waals surface area contributed by atoms with Gasteiger partial charge in [0.25, 0.3) is 0 Å². The molecule has 0 aromatic carbocycles. The van der Waals surface area contributed by atoms with Gasteiger partial charge in [-0.15, -0.1) is 0 Å². The molecule has 0 spiro atoms. The SMILES string of the molecule is CC(=O)NCCCCC(=O)N(C)CC#CCN1CCCC1.O=C(O)C(=O)O. The maximum Gasteiger partial charge on any atom is 0.414 e. The van der Waals surface area contributed by atoms with Crippen molar-refractivity contribution in [2.75, 3.05) is 39.8 Å². The Kier molecular flexibility index (Phi) is 13.2. The molecular formula is C18H29N3O6. The third-order valence-corrected chi connectivity index (χ3v) is 3.74. The summed E-state index contributed by atoms with van der Waals surface area (Å²) in [5.41, 5.74) is 0. The van der Waals surface area contributed by atoms with Gasteiger partial charge in [-0.1, -0.05) is 11.8 Å². The van der Waals surface area contributed by atoms with Crippen molar-refractivity contribution in [3.8, 4) is 11.8 Å². The van der Waals surface area contributed by atoms with Crippen LogP contribution in [0.2, 0.25) is 0 Å². The second kappa shape index (κ2) is 14.6. The zero-order valence-corrected chi connectivity index (χ0v) is 16.0. The van der Waals surface area contributed by atoms with Gasteiger partial charge in [-0.2, -0.15) is 0 Å². The number of carboxylic acid groups (broad SMARTS) is 2. The number of likely N-dealkylation sites (tertiary alicyclic amines) is 1. The number of unbranched alkanes of at least 4 members (excludes halogenated alkanes) is 1. The highest BCUT2D eigenvalue weighted by Crippen LogP contribution is 2.05. The second-order valence-corrected chi connectivity index (χ2v) is 6.14. The van der Waals surface area contributed by atoms with Crippen molar-refractivity contribution >= 4 is 23.8 Å².